The van der Waals surface area contributed by atoms with Crippen molar-refractivity contribution in [3.8, 4) is 0 Å². The van der Waals surface area contributed by atoms with Crippen LogP contribution < -0.4 is 88.7 Å². The molecule has 0 radical (unpaired) electrons. The molecule has 0 fully saturated rings. The first kappa shape index (κ1) is 91.8. The van der Waals surface area contributed by atoms with Gasteiger partial charge < -0.3 is 13.7 Å². The minimum absolute atomic E-state index is 0. The smallest absolute Gasteiger partial charge is 0.726 e. The van der Waals surface area contributed by atoms with Gasteiger partial charge >= 0.3 is 88.7 Å². The molecule has 0 saturated heterocycles. The van der Waals surface area contributed by atoms with Crippen molar-refractivity contribution in [1.29, 1.82) is 0 Å². The van der Waals surface area contributed by atoms with Crippen LogP contribution in [-0.2, 0) is 43.7 Å². The van der Waals surface area contributed by atoms with Crippen molar-refractivity contribution in [3.05, 3.63) is 0 Å². The quantitative estimate of drug-likeness (QED) is 0.0242. The van der Waals surface area contributed by atoms with E-state index in [0.717, 1.165) is 51.4 Å². The maximum Gasteiger partial charge on any atom is 1.00 e. The molecule has 0 N–H and O–H groups in total. The molecular weight excluding hydrogens is 1080 g/mol. The molecule has 0 aliphatic carbocycles. The molecule has 12 nitrogen and oxygen atoms in total. The Hall–Kier alpha value is 2.61. The van der Waals surface area contributed by atoms with Crippen molar-refractivity contribution in [2.45, 2.75) is 374 Å². The molecule has 0 aromatic carbocycles. The summed E-state index contributed by atoms with van der Waals surface area (Å²) >= 11 is 0. The van der Waals surface area contributed by atoms with Gasteiger partial charge in [-0.3, -0.25) is 12.5 Å². The van der Waals surface area contributed by atoms with Gasteiger partial charge in [0.1, 0.15) is 0 Å². The number of hydrogen-bond acceptors (Lipinski definition) is 12. The predicted octanol–water partition coefficient (Wildman–Crippen LogP) is 10.5. The van der Waals surface area contributed by atoms with Crippen LogP contribution in [0.1, 0.15) is 368 Å². The van der Waals surface area contributed by atoms with Crippen molar-refractivity contribution in [1.82, 2.24) is 0 Å². The van der Waals surface area contributed by atoms with Crippen LogP contribution in [0, 0.1) is 0 Å². The second-order valence-corrected chi connectivity index (χ2v) is 24.9. The minimum atomic E-state index is -4.61. The van der Waals surface area contributed by atoms with E-state index in [0.29, 0.717) is 25.7 Å². The van der Waals surface area contributed by atoms with E-state index in [1.807, 2.05) is 0 Å². The molecule has 0 amide bonds. The van der Waals surface area contributed by atoms with Crippen molar-refractivity contribution in [2.24, 2.45) is 0 Å². The molecule has 0 aromatic heterocycles. The van der Waals surface area contributed by atoms with Crippen LogP contribution in [0.2, 0.25) is 0 Å². The molecule has 0 spiro atoms. The Morgan fingerprint density at radius 2 is 0.397 bits per heavy atom. The van der Waals surface area contributed by atoms with Gasteiger partial charge in [0.05, 0.1) is 19.3 Å². The summed E-state index contributed by atoms with van der Waals surface area (Å²) in [6.45, 7) is 9.05. The topological polar surface area (TPSA) is 199 Å². The van der Waals surface area contributed by atoms with Crippen LogP contribution in [0.5, 0.6) is 0 Å². The van der Waals surface area contributed by atoms with E-state index in [4.69, 9.17) is 4.18 Å². The summed E-state index contributed by atoms with van der Waals surface area (Å²) in [4.78, 5) is 0. The van der Waals surface area contributed by atoms with E-state index in [9.17, 15) is 38.9 Å². The molecule has 0 saturated carbocycles. The molecule has 0 aromatic rings. The summed E-state index contributed by atoms with van der Waals surface area (Å²) in [7, 11) is -13.6. The predicted molar refractivity (Wildman–Crippen MR) is 313 cm³/mol. The first-order chi connectivity index (χ1) is 36.1. The molecule has 0 rings (SSSR count). The Morgan fingerprint density at radius 3 is 0.551 bits per heavy atom. The molecule has 456 valence electrons. The minimum Gasteiger partial charge on any atom is -0.726 e. The fourth-order valence-corrected chi connectivity index (χ4v) is 10.7. The molecule has 1 unspecified atom stereocenters. The maximum absolute atomic E-state index is 11.2. The summed E-state index contributed by atoms with van der Waals surface area (Å²) < 4.78 is 107. The van der Waals surface area contributed by atoms with Crippen molar-refractivity contribution < 1.29 is 140 Å². The number of rotatable bonds is 59. The van der Waals surface area contributed by atoms with Crippen LogP contribution in [-0.4, -0.2) is 58.2 Å². The first-order valence-electron chi connectivity index (χ1n) is 32.0. The van der Waals surface area contributed by atoms with Gasteiger partial charge in [-0.1, -0.05) is 342 Å². The van der Waals surface area contributed by atoms with E-state index in [2.05, 4.69) is 36.1 Å². The average molecular weight is 1200 g/mol. The number of hydrogen-bond donors (Lipinski definition) is 0. The Kier molecular flexibility index (Phi) is 86.9. The summed E-state index contributed by atoms with van der Waals surface area (Å²) in [5, 5.41) is 0. The van der Waals surface area contributed by atoms with Crippen LogP contribution in [0.15, 0.2) is 0 Å². The molecule has 18 heteroatoms. The van der Waals surface area contributed by atoms with E-state index >= 15 is 0 Å². The average Bonchev–Trinajstić information content (AvgIpc) is 3.35. The van der Waals surface area contributed by atoms with Gasteiger partial charge in [-0.05, 0) is 25.7 Å². The van der Waals surface area contributed by atoms with Gasteiger partial charge in [0, 0.05) is 0 Å². The van der Waals surface area contributed by atoms with Gasteiger partial charge in [0.15, 0.2) is 0 Å². The Bertz CT molecular complexity index is 1430. The maximum atomic E-state index is 11.2. The van der Waals surface area contributed by atoms with E-state index < -0.39 is 37.3 Å². The van der Waals surface area contributed by atoms with Crippen LogP contribution in [0.4, 0.5) is 0 Å². The third kappa shape index (κ3) is 95.0. The fraction of sp³-hybridized carbons (Fsp3) is 1.00. The molecular formula is C60H123Na3O12S3. The van der Waals surface area contributed by atoms with Crippen LogP contribution >= 0.6 is 0 Å². The summed E-state index contributed by atoms with van der Waals surface area (Å²) in [6.07, 6.45) is 65.2. The second-order valence-electron chi connectivity index (χ2n) is 21.8. The monoisotopic (exact) mass is 1200 g/mol. The van der Waals surface area contributed by atoms with Gasteiger partial charge in [-0.25, -0.2) is 25.3 Å². The Morgan fingerprint density at radius 1 is 0.244 bits per heavy atom. The molecule has 78 heavy (non-hydrogen) atoms. The van der Waals surface area contributed by atoms with E-state index in [1.165, 1.54) is 263 Å². The molecule has 0 aliphatic heterocycles. The first-order valence-corrected chi connectivity index (χ1v) is 36.0. The Balaban J connectivity index is -0.000000278. The molecule has 1 atom stereocenters. The largest absolute Gasteiger partial charge is 1.00 e. The van der Waals surface area contributed by atoms with Crippen molar-refractivity contribution in [2.75, 3.05) is 13.2 Å². The third-order valence-corrected chi connectivity index (χ3v) is 15.6. The zero-order valence-electron chi connectivity index (χ0n) is 52.6. The Labute approximate surface area is 552 Å². The van der Waals surface area contributed by atoms with E-state index in [-0.39, 0.29) is 102 Å². The van der Waals surface area contributed by atoms with Crippen LogP contribution in [0.25, 0.3) is 0 Å². The van der Waals surface area contributed by atoms with Gasteiger partial charge in [0.25, 0.3) is 0 Å². The zero-order chi connectivity index (χ0) is 56.1. The van der Waals surface area contributed by atoms with E-state index in [1.54, 1.807) is 0 Å². The normalized spacial score (nSPS) is 11.9. The third-order valence-electron chi connectivity index (χ3n) is 14.2. The van der Waals surface area contributed by atoms with Crippen LogP contribution in [0.3, 0.4) is 0 Å². The standard InChI is InChI=1S/C34H70O4S.C14H30O4S.C12H26O4S.3Na/c1-3-5-7-9-11-13-15-17-19-21-23-25-27-29-31-33-34(38-39(35,36)37)32-30-28-26-24-22-20-18-16-14-12-10-8-6-4-2;1-2-3-4-5-6-7-8-9-10-11-12-13-14-18-19(15,16)17;1-2-3-4-5-6-7-8-9-10-11-12-16-17(13,14)15;;;/h34H,3-33H2,1-2H3,(H,35,36,37);2-14H2,1H3,(H,15,16,17);2-12H2,1H3,(H,13,14,15);;;/q;;;3*+1/p-3. The summed E-state index contributed by atoms with van der Waals surface area (Å²) in [5.74, 6) is 0. The van der Waals surface area contributed by atoms with Crippen molar-refractivity contribution >= 4 is 31.2 Å². The van der Waals surface area contributed by atoms with Gasteiger partial charge in [-0.15, -0.1) is 0 Å². The van der Waals surface area contributed by atoms with Gasteiger partial charge in [-0.2, -0.15) is 0 Å². The summed E-state index contributed by atoms with van der Waals surface area (Å²) in [6, 6.07) is 0. The zero-order valence-corrected chi connectivity index (χ0v) is 61.0. The molecule has 0 heterocycles. The SMILES string of the molecule is CCCCCCCCCCCCCCCCCC(CCCCCCCCCCCCCCCC)OS(=O)(=O)[O-].CCCCCCCCCCCCCCOS(=O)(=O)[O-].CCCCCCCCCCCCOS(=O)(=O)[O-].[Na+].[Na+].[Na+]. The molecule has 0 aliphatic rings. The number of unbranched alkanes of at least 4 members (excludes halogenated alkanes) is 47. The fourth-order valence-electron chi connectivity index (χ4n) is 9.57. The molecule has 0 bridgehead atoms. The second kappa shape index (κ2) is 73.9. The van der Waals surface area contributed by atoms with Crippen molar-refractivity contribution in [3.63, 3.8) is 0 Å². The summed E-state index contributed by atoms with van der Waals surface area (Å²) in [5.41, 5.74) is 0. The van der Waals surface area contributed by atoms with Gasteiger partial charge in [0.2, 0.25) is 31.2 Å².